The first kappa shape index (κ1) is 8.34. The fourth-order valence-electron chi connectivity index (χ4n) is 0.174. The summed E-state index contributed by atoms with van der Waals surface area (Å²) in [6.45, 7) is 2.91. The minimum absolute atomic E-state index is 0.667. The lowest BCUT2D eigenvalue weighted by Crippen LogP contribution is -2.21. The molecule has 4 heteroatoms. The number of aliphatic imine (C=N–C) groups is 1. The third-order valence-electron chi connectivity index (χ3n) is 0.656. The van der Waals surface area contributed by atoms with Gasteiger partial charge in [0.2, 0.25) is 6.08 Å². The SMILES string of the molecule is CC(C)(Cl)C(=O)N=C=O. The third-order valence-corrected chi connectivity index (χ3v) is 0.817. The Balaban J connectivity index is 4.22. The van der Waals surface area contributed by atoms with Gasteiger partial charge in [-0.2, -0.15) is 0 Å². The van der Waals surface area contributed by atoms with Gasteiger partial charge in [-0.25, -0.2) is 4.79 Å². The Labute approximate surface area is 57.7 Å². The number of hydrogen-bond donors (Lipinski definition) is 0. The van der Waals surface area contributed by atoms with Gasteiger partial charge in [-0.15, -0.1) is 16.6 Å². The van der Waals surface area contributed by atoms with Crippen molar-refractivity contribution in [3.63, 3.8) is 0 Å². The van der Waals surface area contributed by atoms with Crippen LogP contribution in [-0.2, 0) is 9.59 Å². The number of halogens is 1. The van der Waals surface area contributed by atoms with E-state index in [0.29, 0.717) is 0 Å². The van der Waals surface area contributed by atoms with Crippen molar-refractivity contribution in [2.45, 2.75) is 18.7 Å². The standard InChI is InChI=1S/C5H6ClNO2/c1-5(2,6)4(9)7-3-8/h1-2H3. The first-order valence-corrected chi connectivity index (χ1v) is 2.67. The second-order valence-corrected chi connectivity index (χ2v) is 2.93. The third kappa shape index (κ3) is 3.01. The molecule has 0 saturated heterocycles. The van der Waals surface area contributed by atoms with Gasteiger partial charge >= 0.3 is 0 Å². The predicted octanol–water partition coefficient (Wildman–Crippen LogP) is 0.866. The normalized spacial score (nSPS) is 10.1. The number of nitrogens with zero attached hydrogens (tertiary/aromatic N) is 1. The maximum Gasteiger partial charge on any atom is 0.276 e. The average Bonchev–Trinajstić information content (AvgIpc) is 1.64. The molecule has 0 radical (unpaired) electrons. The molecular weight excluding hydrogens is 142 g/mol. The second kappa shape index (κ2) is 2.76. The Bertz CT molecular complexity index is 164. The van der Waals surface area contributed by atoms with E-state index in [1.165, 1.54) is 13.8 Å². The first-order chi connectivity index (χ1) is 3.98. The smallest absolute Gasteiger partial charge is 0.270 e. The summed E-state index contributed by atoms with van der Waals surface area (Å²) in [6, 6.07) is 0. The zero-order valence-electron chi connectivity index (χ0n) is 5.14. The van der Waals surface area contributed by atoms with E-state index in [1.807, 2.05) is 0 Å². The van der Waals surface area contributed by atoms with Gasteiger partial charge in [-0.1, -0.05) is 0 Å². The molecular formula is C5H6ClNO2. The Morgan fingerprint density at radius 1 is 1.67 bits per heavy atom. The van der Waals surface area contributed by atoms with E-state index < -0.39 is 10.8 Å². The lowest BCUT2D eigenvalue weighted by molar-refractivity contribution is -0.119. The van der Waals surface area contributed by atoms with E-state index >= 15 is 0 Å². The number of isocyanates is 1. The van der Waals surface area contributed by atoms with Crippen molar-refractivity contribution >= 4 is 23.6 Å². The molecule has 50 valence electrons. The van der Waals surface area contributed by atoms with Gasteiger partial charge in [0.25, 0.3) is 5.91 Å². The van der Waals surface area contributed by atoms with E-state index in [2.05, 4.69) is 4.99 Å². The highest BCUT2D eigenvalue weighted by Crippen LogP contribution is 2.13. The fourth-order valence-corrected chi connectivity index (χ4v) is 0.217. The molecule has 0 fully saturated rings. The molecule has 0 aliphatic heterocycles. The molecule has 0 aromatic carbocycles. The Morgan fingerprint density at radius 2 is 2.11 bits per heavy atom. The summed E-state index contributed by atoms with van der Waals surface area (Å²) in [6.07, 6.45) is 1.12. The van der Waals surface area contributed by atoms with E-state index in [1.54, 1.807) is 0 Å². The van der Waals surface area contributed by atoms with Crippen LogP contribution in [0.5, 0.6) is 0 Å². The number of carbonyl (C=O) groups excluding carboxylic acids is 2. The first-order valence-electron chi connectivity index (χ1n) is 2.29. The molecule has 0 aromatic rings. The van der Waals surface area contributed by atoms with Crippen molar-refractivity contribution in [2.75, 3.05) is 0 Å². The summed E-state index contributed by atoms with van der Waals surface area (Å²) < 4.78 is 0. The van der Waals surface area contributed by atoms with Gasteiger partial charge in [0.15, 0.2) is 0 Å². The van der Waals surface area contributed by atoms with Gasteiger partial charge in [0, 0.05) is 0 Å². The molecule has 0 rings (SSSR count). The minimum atomic E-state index is -1.09. The highest BCUT2D eigenvalue weighted by Gasteiger charge is 2.23. The molecule has 3 nitrogen and oxygen atoms in total. The van der Waals surface area contributed by atoms with Crippen LogP contribution >= 0.6 is 11.6 Å². The van der Waals surface area contributed by atoms with Gasteiger partial charge in [-0.05, 0) is 13.8 Å². The Hall–Kier alpha value is -0.660. The van der Waals surface area contributed by atoms with Crippen LogP contribution in [0.25, 0.3) is 0 Å². The van der Waals surface area contributed by atoms with Crippen LogP contribution in [0.1, 0.15) is 13.8 Å². The number of hydrogen-bond acceptors (Lipinski definition) is 2. The summed E-state index contributed by atoms with van der Waals surface area (Å²) in [7, 11) is 0. The number of amides is 1. The molecule has 9 heavy (non-hydrogen) atoms. The molecule has 0 unspecified atom stereocenters. The van der Waals surface area contributed by atoms with Crippen LogP contribution in [0.4, 0.5) is 0 Å². The van der Waals surface area contributed by atoms with Crippen molar-refractivity contribution < 1.29 is 9.59 Å². The van der Waals surface area contributed by atoms with Gasteiger partial charge in [-0.3, -0.25) is 4.79 Å². The van der Waals surface area contributed by atoms with Crippen LogP contribution in [0.2, 0.25) is 0 Å². The quantitative estimate of drug-likeness (QED) is 0.314. The summed E-state index contributed by atoms with van der Waals surface area (Å²) >= 11 is 5.44. The van der Waals surface area contributed by atoms with E-state index in [-0.39, 0.29) is 0 Å². The molecule has 0 spiro atoms. The molecule has 0 N–H and O–H groups in total. The van der Waals surface area contributed by atoms with Crippen LogP contribution < -0.4 is 0 Å². The molecule has 0 aliphatic rings. The lowest BCUT2D eigenvalue weighted by Gasteiger charge is -2.06. The largest absolute Gasteiger partial charge is 0.276 e. The minimum Gasteiger partial charge on any atom is -0.270 e. The second-order valence-electron chi connectivity index (χ2n) is 1.98. The lowest BCUT2D eigenvalue weighted by atomic mass is 10.2. The predicted molar refractivity (Wildman–Crippen MR) is 33.1 cm³/mol. The summed E-state index contributed by atoms with van der Waals surface area (Å²) in [4.78, 5) is 21.7. The average molecular weight is 148 g/mol. The van der Waals surface area contributed by atoms with E-state index in [4.69, 9.17) is 11.6 Å². The van der Waals surface area contributed by atoms with E-state index in [0.717, 1.165) is 6.08 Å². The van der Waals surface area contributed by atoms with Crippen LogP contribution in [0.15, 0.2) is 4.99 Å². The van der Waals surface area contributed by atoms with Gasteiger partial charge < -0.3 is 0 Å². The van der Waals surface area contributed by atoms with Crippen molar-refractivity contribution in [1.29, 1.82) is 0 Å². The molecule has 0 bridgehead atoms. The zero-order chi connectivity index (χ0) is 7.49. The highest BCUT2D eigenvalue weighted by molar-refractivity contribution is 6.34. The highest BCUT2D eigenvalue weighted by atomic mass is 35.5. The molecule has 0 heterocycles. The Kier molecular flexibility index (Phi) is 2.56. The van der Waals surface area contributed by atoms with Crippen molar-refractivity contribution in [2.24, 2.45) is 4.99 Å². The van der Waals surface area contributed by atoms with Crippen molar-refractivity contribution in [1.82, 2.24) is 0 Å². The van der Waals surface area contributed by atoms with Crippen LogP contribution in [0.3, 0.4) is 0 Å². The van der Waals surface area contributed by atoms with E-state index in [9.17, 15) is 9.59 Å². The summed E-state index contributed by atoms with van der Waals surface area (Å²) in [5, 5.41) is 0. The topological polar surface area (TPSA) is 46.5 Å². The van der Waals surface area contributed by atoms with Crippen molar-refractivity contribution in [3.8, 4) is 0 Å². The molecule has 0 saturated carbocycles. The molecule has 0 aliphatic carbocycles. The molecule has 0 atom stereocenters. The number of carbonyl (C=O) groups is 1. The van der Waals surface area contributed by atoms with Crippen molar-refractivity contribution in [3.05, 3.63) is 0 Å². The fraction of sp³-hybridized carbons (Fsp3) is 0.600. The van der Waals surface area contributed by atoms with Crippen LogP contribution in [-0.4, -0.2) is 16.9 Å². The zero-order valence-corrected chi connectivity index (χ0v) is 5.90. The molecule has 1 amide bonds. The Morgan fingerprint density at radius 3 is 2.22 bits per heavy atom. The monoisotopic (exact) mass is 147 g/mol. The summed E-state index contributed by atoms with van der Waals surface area (Å²) in [5.41, 5.74) is 0. The van der Waals surface area contributed by atoms with Gasteiger partial charge in [0.1, 0.15) is 4.87 Å². The maximum atomic E-state index is 10.5. The number of alkyl halides is 1. The number of rotatable bonds is 1. The molecule has 0 aromatic heterocycles. The maximum absolute atomic E-state index is 10.5. The van der Waals surface area contributed by atoms with Crippen LogP contribution in [0, 0.1) is 0 Å². The summed E-state index contributed by atoms with van der Waals surface area (Å²) in [5.74, 6) is -0.667. The van der Waals surface area contributed by atoms with Gasteiger partial charge in [0.05, 0.1) is 0 Å².